The smallest absolute Gasteiger partial charge is 0.227 e. The molecule has 0 saturated heterocycles. The lowest BCUT2D eigenvalue weighted by molar-refractivity contribution is 0.195. The van der Waals surface area contributed by atoms with Crippen LogP contribution in [0.2, 0.25) is 0 Å². The molecule has 0 radical (unpaired) electrons. The molecule has 1 heterocycles. The minimum atomic E-state index is -0.138. The van der Waals surface area contributed by atoms with Crippen LogP contribution in [0.3, 0.4) is 0 Å². The summed E-state index contributed by atoms with van der Waals surface area (Å²) >= 11 is 0. The van der Waals surface area contributed by atoms with Crippen molar-refractivity contribution >= 4 is 0 Å². The number of hydrogen-bond donors (Lipinski definition) is 0. The molecule has 0 fully saturated rings. The standard InChI is InChI=1S/C18H21NO3/c1-19(11-14-10-17(20)18(21-2)12-22-14)16-9-5-7-13-6-3-4-8-15(13)16/h3-4,6,8,10,12,16H,5,7,9,11H2,1-2H3. The third kappa shape index (κ3) is 2.92. The molecule has 1 atom stereocenters. The molecule has 2 aromatic rings. The molecule has 1 aliphatic rings. The van der Waals surface area contributed by atoms with Crippen molar-refractivity contribution in [2.75, 3.05) is 14.2 Å². The highest BCUT2D eigenvalue weighted by Crippen LogP contribution is 2.34. The lowest BCUT2D eigenvalue weighted by Gasteiger charge is -2.32. The molecule has 1 aromatic heterocycles. The van der Waals surface area contributed by atoms with E-state index in [4.69, 9.17) is 9.15 Å². The van der Waals surface area contributed by atoms with Gasteiger partial charge in [-0.1, -0.05) is 24.3 Å². The maximum absolute atomic E-state index is 11.8. The molecule has 1 aromatic carbocycles. The van der Waals surface area contributed by atoms with Crippen LogP contribution < -0.4 is 10.2 Å². The molecule has 1 aliphatic carbocycles. The van der Waals surface area contributed by atoms with Crippen LogP contribution in [0.25, 0.3) is 0 Å². The Bertz CT molecular complexity index is 707. The number of fused-ring (bicyclic) bond motifs is 1. The van der Waals surface area contributed by atoms with Crippen LogP contribution in [0.1, 0.15) is 35.8 Å². The van der Waals surface area contributed by atoms with E-state index in [1.807, 2.05) is 0 Å². The number of rotatable bonds is 4. The lowest BCUT2D eigenvalue weighted by Crippen LogP contribution is -2.27. The first-order valence-corrected chi connectivity index (χ1v) is 7.63. The molecular weight excluding hydrogens is 278 g/mol. The third-order valence-electron chi connectivity index (χ3n) is 4.35. The van der Waals surface area contributed by atoms with Crippen molar-refractivity contribution in [1.82, 2.24) is 4.90 Å². The van der Waals surface area contributed by atoms with E-state index in [0.29, 0.717) is 18.3 Å². The van der Waals surface area contributed by atoms with Crippen molar-refractivity contribution in [3.05, 3.63) is 63.7 Å². The molecule has 4 heteroatoms. The maximum atomic E-state index is 11.8. The fraction of sp³-hybridized carbons (Fsp3) is 0.389. The number of aryl methyl sites for hydroxylation is 1. The summed E-state index contributed by atoms with van der Waals surface area (Å²) in [6.07, 6.45) is 4.87. The molecule has 0 N–H and O–H groups in total. The lowest BCUT2D eigenvalue weighted by atomic mass is 9.87. The number of methoxy groups -OCH3 is 1. The summed E-state index contributed by atoms with van der Waals surface area (Å²) in [4.78, 5) is 14.1. The van der Waals surface area contributed by atoms with Crippen molar-refractivity contribution in [2.24, 2.45) is 0 Å². The van der Waals surface area contributed by atoms with Crippen LogP contribution in [-0.2, 0) is 13.0 Å². The van der Waals surface area contributed by atoms with E-state index in [0.717, 1.165) is 12.8 Å². The summed E-state index contributed by atoms with van der Waals surface area (Å²) in [5.74, 6) is 0.908. The molecule has 0 bridgehead atoms. The second-order valence-corrected chi connectivity index (χ2v) is 5.80. The molecule has 22 heavy (non-hydrogen) atoms. The maximum Gasteiger partial charge on any atom is 0.227 e. The number of ether oxygens (including phenoxy) is 1. The Morgan fingerprint density at radius 3 is 2.95 bits per heavy atom. The van der Waals surface area contributed by atoms with Crippen molar-refractivity contribution < 1.29 is 9.15 Å². The summed E-state index contributed by atoms with van der Waals surface area (Å²) in [6, 6.07) is 10.5. The number of nitrogens with zero attached hydrogens (tertiary/aromatic N) is 1. The summed E-state index contributed by atoms with van der Waals surface area (Å²) in [5.41, 5.74) is 2.69. The van der Waals surface area contributed by atoms with Crippen molar-refractivity contribution in [3.8, 4) is 5.75 Å². The molecular formula is C18H21NO3. The van der Waals surface area contributed by atoms with Gasteiger partial charge in [-0.2, -0.15) is 0 Å². The van der Waals surface area contributed by atoms with Crippen LogP contribution in [0.5, 0.6) is 5.75 Å². The van der Waals surface area contributed by atoms with E-state index < -0.39 is 0 Å². The van der Waals surface area contributed by atoms with Crippen molar-refractivity contribution in [3.63, 3.8) is 0 Å². The molecule has 0 aliphatic heterocycles. The molecule has 1 unspecified atom stereocenters. The van der Waals surface area contributed by atoms with E-state index in [1.165, 1.54) is 37.0 Å². The van der Waals surface area contributed by atoms with Crippen LogP contribution >= 0.6 is 0 Å². The zero-order valence-corrected chi connectivity index (χ0v) is 13.0. The average molecular weight is 299 g/mol. The minimum Gasteiger partial charge on any atom is -0.490 e. The topological polar surface area (TPSA) is 42.7 Å². The molecule has 4 nitrogen and oxygen atoms in total. The summed E-state index contributed by atoms with van der Waals surface area (Å²) in [5, 5.41) is 0. The van der Waals surface area contributed by atoms with Gasteiger partial charge in [0.05, 0.1) is 13.7 Å². The molecule has 0 saturated carbocycles. The van der Waals surface area contributed by atoms with E-state index in [9.17, 15) is 4.79 Å². The van der Waals surface area contributed by atoms with Crippen LogP contribution in [0.4, 0.5) is 0 Å². The zero-order valence-electron chi connectivity index (χ0n) is 13.0. The van der Waals surface area contributed by atoms with Gasteiger partial charge >= 0.3 is 0 Å². The minimum absolute atomic E-state index is 0.138. The Morgan fingerprint density at radius 2 is 2.18 bits per heavy atom. The molecule has 0 amide bonds. The third-order valence-corrected chi connectivity index (χ3v) is 4.35. The molecule has 3 rings (SSSR count). The Hall–Kier alpha value is -2.07. The Labute approximate surface area is 130 Å². The fourth-order valence-electron chi connectivity index (χ4n) is 3.21. The second kappa shape index (κ2) is 6.36. The van der Waals surface area contributed by atoms with E-state index in [2.05, 4.69) is 36.2 Å². The highest BCUT2D eigenvalue weighted by atomic mass is 16.5. The van der Waals surface area contributed by atoms with Crippen molar-refractivity contribution in [2.45, 2.75) is 31.8 Å². The summed E-state index contributed by atoms with van der Waals surface area (Å²) < 4.78 is 10.5. The van der Waals surface area contributed by atoms with Crippen LogP contribution in [0.15, 0.2) is 45.8 Å². The quantitative estimate of drug-likeness (QED) is 0.870. The molecule has 0 spiro atoms. The summed E-state index contributed by atoms with van der Waals surface area (Å²) in [7, 11) is 3.55. The largest absolute Gasteiger partial charge is 0.490 e. The van der Waals surface area contributed by atoms with Gasteiger partial charge in [0.15, 0.2) is 0 Å². The van der Waals surface area contributed by atoms with Crippen molar-refractivity contribution in [1.29, 1.82) is 0 Å². The summed E-state index contributed by atoms with van der Waals surface area (Å²) in [6.45, 7) is 0.609. The predicted molar refractivity (Wildman–Crippen MR) is 85.1 cm³/mol. The fourth-order valence-corrected chi connectivity index (χ4v) is 3.21. The molecule has 116 valence electrons. The Morgan fingerprint density at radius 1 is 1.36 bits per heavy atom. The number of benzene rings is 1. The average Bonchev–Trinajstić information content (AvgIpc) is 2.54. The normalized spacial score (nSPS) is 17.3. The van der Waals surface area contributed by atoms with Crippen LogP contribution in [0, 0.1) is 0 Å². The zero-order chi connectivity index (χ0) is 15.5. The van der Waals surface area contributed by atoms with Crippen LogP contribution in [-0.4, -0.2) is 19.1 Å². The van der Waals surface area contributed by atoms with Gasteiger partial charge in [0.2, 0.25) is 11.2 Å². The highest BCUT2D eigenvalue weighted by molar-refractivity contribution is 5.32. The first kappa shape index (κ1) is 14.9. The van der Waals surface area contributed by atoms with Gasteiger partial charge < -0.3 is 9.15 Å². The predicted octanol–water partition coefficient (Wildman–Crippen LogP) is 3.16. The van der Waals surface area contributed by atoms with Gasteiger partial charge in [-0.15, -0.1) is 0 Å². The first-order valence-electron chi connectivity index (χ1n) is 7.63. The first-order chi connectivity index (χ1) is 10.7. The SMILES string of the molecule is COc1coc(CN(C)C2CCCc3ccccc32)cc1=O. The number of hydrogen-bond acceptors (Lipinski definition) is 4. The van der Waals surface area contributed by atoms with Gasteiger partial charge in [0.25, 0.3) is 0 Å². The van der Waals surface area contributed by atoms with Gasteiger partial charge in [0, 0.05) is 12.1 Å². The van der Waals surface area contributed by atoms with E-state index >= 15 is 0 Å². The van der Waals surface area contributed by atoms with Gasteiger partial charge in [-0.05, 0) is 37.4 Å². The Kier molecular flexibility index (Phi) is 4.29. The second-order valence-electron chi connectivity index (χ2n) is 5.80. The van der Waals surface area contributed by atoms with Gasteiger partial charge in [-0.3, -0.25) is 9.69 Å². The van der Waals surface area contributed by atoms with E-state index in [-0.39, 0.29) is 11.2 Å². The van der Waals surface area contributed by atoms with Gasteiger partial charge in [0.1, 0.15) is 12.0 Å². The van der Waals surface area contributed by atoms with Gasteiger partial charge in [-0.25, -0.2) is 0 Å². The van der Waals surface area contributed by atoms with E-state index in [1.54, 1.807) is 0 Å². The highest BCUT2D eigenvalue weighted by Gasteiger charge is 2.23. The monoisotopic (exact) mass is 299 g/mol. The Balaban J connectivity index is 1.79.